The highest BCUT2D eigenvalue weighted by molar-refractivity contribution is 6.30. The Morgan fingerprint density at radius 1 is 1.14 bits per heavy atom. The highest BCUT2D eigenvalue weighted by Gasteiger charge is 2.07. The molecule has 2 rings (SSSR count). The van der Waals surface area contributed by atoms with Crippen LogP contribution in [-0.2, 0) is 6.61 Å². The molecule has 0 aliphatic rings. The summed E-state index contributed by atoms with van der Waals surface area (Å²) >= 11 is 5.92. The fourth-order valence-electron chi connectivity index (χ4n) is 1.94. The van der Waals surface area contributed by atoms with E-state index in [1.54, 1.807) is 19.0 Å². The first kappa shape index (κ1) is 15.4. The number of hydrogen-bond donors (Lipinski definition) is 0. The van der Waals surface area contributed by atoms with E-state index in [1.165, 1.54) is 0 Å². The molecule has 0 aliphatic carbocycles. The summed E-state index contributed by atoms with van der Waals surface area (Å²) in [6, 6.07) is 13.0. The van der Waals surface area contributed by atoms with Crippen molar-refractivity contribution in [2.75, 3.05) is 14.1 Å². The fraction of sp³-hybridized carbons (Fsp3) is 0.235. The van der Waals surface area contributed by atoms with Gasteiger partial charge in [0, 0.05) is 24.7 Å². The van der Waals surface area contributed by atoms with Gasteiger partial charge in [-0.05, 0) is 48.4 Å². The molecule has 4 heteroatoms. The number of rotatable bonds is 4. The molecule has 0 spiro atoms. The van der Waals surface area contributed by atoms with Gasteiger partial charge in [-0.2, -0.15) is 0 Å². The lowest BCUT2D eigenvalue weighted by Gasteiger charge is -2.12. The Balaban J connectivity index is 2.02. The number of carbonyl (C=O) groups excluding carboxylic acids is 1. The second-order valence-electron chi connectivity index (χ2n) is 5.09. The number of amides is 1. The van der Waals surface area contributed by atoms with Gasteiger partial charge in [-0.3, -0.25) is 4.79 Å². The van der Waals surface area contributed by atoms with Gasteiger partial charge in [0.15, 0.2) is 0 Å². The van der Waals surface area contributed by atoms with Crippen molar-refractivity contribution in [3.63, 3.8) is 0 Å². The molecule has 0 radical (unpaired) electrons. The van der Waals surface area contributed by atoms with Crippen LogP contribution in [0.25, 0.3) is 0 Å². The Morgan fingerprint density at radius 3 is 2.38 bits per heavy atom. The summed E-state index contributed by atoms with van der Waals surface area (Å²) in [4.78, 5) is 13.4. The first-order valence-corrected chi connectivity index (χ1v) is 7.04. The van der Waals surface area contributed by atoms with E-state index in [4.69, 9.17) is 16.3 Å². The van der Waals surface area contributed by atoms with Crippen molar-refractivity contribution >= 4 is 17.5 Å². The zero-order valence-corrected chi connectivity index (χ0v) is 13.1. The molecule has 0 aliphatic heterocycles. The largest absolute Gasteiger partial charge is 0.489 e. The van der Waals surface area contributed by atoms with Crippen LogP contribution in [0.4, 0.5) is 0 Å². The monoisotopic (exact) mass is 303 g/mol. The van der Waals surface area contributed by atoms with Crippen molar-refractivity contribution in [3.05, 3.63) is 64.2 Å². The topological polar surface area (TPSA) is 29.5 Å². The van der Waals surface area contributed by atoms with Crippen LogP contribution in [0.2, 0.25) is 5.02 Å². The summed E-state index contributed by atoms with van der Waals surface area (Å²) in [6.07, 6.45) is 0. The van der Waals surface area contributed by atoms with E-state index in [2.05, 4.69) is 0 Å². The number of nitrogens with zero attached hydrogens (tertiary/aromatic N) is 1. The molecule has 3 nitrogen and oxygen atoms in total. The molecule has 0 bridgehead atoms. The molecular formula is C17H18ClNO2. The molecule has 2 aromatic carbocycles. The Morgan fingerprint density at radius 2 is 1.81 bits per heavy atom. The number of carbonyl (C=O) groups is 1. The smallest absolute Gasteiger partial charge is 0.253 e. The van der Waals surface area contributed by atoms with Crippen molar-refractivity contribution in [3.8, 4) is 5.75 Å². The molecule has 0 aromatic heterocycles. The van der Waals surface area contributed by atoms with Crippen molar-refractivity contribution in [1.82, 2.24) is 4.90 Å². The summed E-state index contributed by atoms with van der Waals surface area (Å²) in [5.41, 5.74) is 2.69. The number of benzene rings is 2. The molecule has 0 atom stereocenters. The van der Waals surface area contributed by atoms with Crippen molar-refractivity contribution < 1.29 is 9.53 Å². The van der Waals surface area contributed by atoms with E-state index in [1.807, 2.05) is 49.4 Å². The van der Waals surface area contributed by atoms with Gasteiger partial charge >= 0.3 is 0 Å². The molecule has 1 amide bonds. The minimum absolute atomic E-state index is 0.00369. The first-order chi connectivity index (χ1) is 9.97. The van der Waals surface area contributed by atoms with Crippen molar-refractivity contribution in [1.29, 1.82) is 0 Å². The highest BCUT2D eigenvalue weighted by Crippen LogP contribution is 2.22. The predicted octanol–water partition coefficient (Wildman–Crippen LogP) is 3.93. The normalized spacial score (nSPS) is 10.3. The third-order valence-electron chi connectivity index (χ3n) is 3.14. The van der Waals surface area contributed by atoms with Gasteiger partial charge in [-0.15, -0.1) is 0 Å². The van der Waals surface area contributed by atoms with E-state index >= 15 is 0 Å². The average molecular weight is 304 g/mol. The van der Waals surface area contributed by atoms with Crippen LogP contribution < -0.4 is 4.74 Å². The van der Waals surface area contributed by atoms with E-state index in [0.717, 1.165) is 16.9 Å². The molecule has 110 valence electrons. The lowest BCUT2D eigenvalue weighted by molar-refractivity contribution is 0.0827. The van der Waals surface area contributed by atoms with Gasteiger partial charge in [0.05, 0.1) is 0 Å². The number of hydrogen-bond acceptors (Lipinski definition) is 2. The number of ether oxygens (including phenoxy) is 1. The van der Waals surface area contributed by atoms with Crippen LogP contribution in [0.1, 0.15) is 21.5 Å². The second kappa shape index (κ2) is 6.64. The van der Waals surface area contributed by atoms with E-state index in [-0.39, 0.29) is 5.91 Å². The van der Waals surface area contributed by atoms with Crippen LogP contribution in [0.15, 0.2) is 42.5 Å². The van der Waals surface area contributed by atoms with Gasteiger partial charge in [-0.1, -0.05) is 23.7 Å². The molecule has 0 N–H and O–H groups in total. The second-order valence-corrected chi connectivity index (χ2v) is 5.53. The molecule has 0 fully saturated rings. The van der Waals surface area contributed by atoms with Gasteiger partial charge in [0.25, 0.3) is 5.91 Å². The maximum Gasteiger partial charge on any atom is 0.253 e. The van der Waals surface area contributed by atoms with Crippen LogP contribution in [0.3, 0.4) is 0 Å². The first-order valence-electron chi connectivity index (χ1n) is 6.67. The van der Waals surface area contributed by atoms with Crippen LogP contribution in [0, 0.1) is 6.92 Å². The minimum atomic E-state index is -0.00369. The van der Waals surface area contributed by atoms with Crippen LogP contribution >= 0.6 is 11.6 Å². The Hall–Kier alpha value is -2.00. The van der Waals surface area contributed by atoms with Crippen LogP contribution in [0.5, 0.6) is 5.75 Å². The Labute approximate surface area is 130 Å². The third-order valence-corrected chi connectivity index (χ3v) is 3.37. The Bertz CT molecular complexity index is 636. The fourth-order valence-corrected chi connectivity index (χ4v) is 2.16. The quantitative estimate of drug-likeness (QED) is 0.856. The maximum atomic E-state index is 11.8. The SMILES string of the molecule is Cc1cc(Cl)ccc1OCc1ccc(C(=O)N(C)C)cc1. The standard InChI is InChI=1S/C17H18ClNO2/c1-12-10-15(18)8-9-16(12)21-11-13-4-6-14(7-5-13)17(20)19(2)3/h4-10H,11H2,1-3H3. The lowest BCUT2D eigenvalue weighted by Crippen LogP contribution is -2.21. The van der Waals surface area contributed by atoms with E-state index in [9.17, 15) is 4.79 Å². The molecule has 0 unspecified atom stereocenters. The molecular weight excluding hydrogens is 286 g/mol. The van der Waals surface area contributed by atoms with Gasteiger partial charge < -0.3 is 9.64 Å². The summed E-state index contributed by atoms with van der Waals surface area (Å²) in [6.45, 7) is 2.42. The van der Waals surface area contributed by atoms with Gasteiger partial charge in [0.2, 0.25) is 0 Å². The van der Waals surface area contributed by atoms with E-state index < -0.39 is 0 Å². The van der Waals surface area contributed by atoms with Gasteiger partial charge in [0.1, 0.15) is 12.4 Å². The number of aryl methyl sites for hydroxylation is 1. The molecule has 0 heterocycles. The van der Waals surface area contributed by atoms with Crippen molar-refractivity contribution in [2.45, 2.75) is 13.5 Å². The molecule has 21 heavy (non-hydrogen) atoms. The molecule has 0 saturated carbocycles. The summed E-state index contributed by atoms with van der Waals surface area (Å²) in [7, 11) is 3.48. The zero-order valence-electron chi connectivity index (χ0n) is 12.4. The predicted molar refractivity (Wildman–Crippen MR) is 85.0 cm³/mol. The van der Waals surface area contributed by atoms with E-state index in [0.29, 0.717) is 17.2 Å². The average Bonchev–Trinajstić information content (AvgIpc) is 2.46. The molecule has 0 saturated heterocycles. The molecule has 2 aromatic rings. The zero-order chi connectivity index (χ0) is 15.4. The minimum Gasteiger partial charge on any atom is -0.489 e. The third kappa shape index (κ3) is 3.99. The van der Waals surface area contributed by atoms with Crippen molar-refractivity contribution in [2.24, 2.45) is 0 Å². The van der Waals surface area contributed by atoms with Crippen LogP contribution in [-0.4, -0.2) is 24.9 Å². The van der Waals surface area contributed by atoms with Gasteiger partial charge in [-0.25, -0.2) is 0 Å². The summed E-state index contributed by atoms with van der Waals surface area (Å²) in [5.74, 6) is 0.809. The summed E-state index contributed by atoms with van der Waals surface area (Å²) in [5, 5.41) is 0.700. The Kier molecular flexibility index (Phi) is 4.86. The number of halogens is 1. The summed E-state index contributed by atoms with van der Waals surface area (Å²) < 4.78 is 5.77. The lowest BCUT2D eigenvalue weighted by atomic mass is 10.1. The highest BCUT2D eigenvalue weighted by atomic mass is 35.5. The maximum absolute atomic E-state index is 11.8.